The number of rotatable bonds is 3. The molecule has 2 N–H and O–H groups in total. The summed E-state index contributed by atoms with van der Waals surface area (Å²) in [5.74, 6) is 0.769. The number of amides is 2. The Bertz CT molecular complexity index is 997. The molecule has 2 atom stereocenters. The van der Waals surface area contributed by atoms with Gasteiger partial charge in [-0.2, -0.15) is 0 Å². The fourth-order valence-electron chi connectivity index (χ4n) is 5.62. The summed E-state index contributed by atoms with van der Waals surface area (Å²) < 4.78 is 1.91. The van der Waals surface area contributed by atoms with Crippen molar-refractivity contribution in [1.82, 2.24) is 14.4 Å². The van der Waals surface area contributed by atoms with Crippen LogP contribution in [0.3, 0.4) is 0 Å². The number of carbonyl (C=O) groups excluding carboxylic acids is 1. The SMILES string of the molecule is CN1CCC(N2C[C@@H]3C[C@H](C2)c2c(NC(=O)Nc4ccccc4)ccc(=O)n2C3)CC1. The summed E-state index contributed by atoms with van der Waals surface area (Å²) in [4.78, 5) is 30.4. The molecule has 3 aliphatic rings. The van der Waals surface area contributed by atoms with Crippen LogP contribution in [-0.2, 0) is 6.54 Å². The van der Waals surface area contributed by atoms with Gasteiger partial charge in [0.25, 0.3) is 5.56 Å². The van der Waals surface area contributed by atoms with E-state index in [2.05, 4.69) is 27.5 Å². The lowest BCUT2D eigenvalue weighted by molar-refractivity contribution is 0.0519. The first-order valence-corrected chi connectivity index (χ1v) is 11.4. The van der Waals surface area contributed by atoms with Gasteiger partial charge in [0.15, 0.2) is 0 Å². The number of pyridine rings is 1. The lowest BCUT2D eigenvalue weighted by Gasteiger charge is -2.47. The molecule has 31 heavy (non-hydrogen) atoms. The van der Waals surface area contributed by atoms with Gasteiger partial charge in [-0.25, -0.2) is 4.79 Å². The second-order valence-electron chi connectivity index (χ2n) is 9.31. The fraction of sp³-hybridized carbons (Fsp3) is 0.500. The van der Waals surface area contributed by atoms with E-state index in [0.717, 1.165) is 56.2 Å². The van der Waals surface area contributed by atoms with Crippen LogP contribution in [0.5, 0.6) is 0 Å². The zero-order valence-corrected chi connectivity index (χ0v) is 18.1. The number of nitrogens with zero attached hydrogens (tertiary/aromatic N) is 3. The van der Waals surface area contributed by atoms with E-state index in [4.69, 9.17) is 0 Å². The third kappa shape index (κ3) is 4.25. The highest BCUT2D eigenvalue weighted by molar-refractivity contribution is 6.00. The fourth-order valence-corrected chi connectivity index (χ4v) is 5.62. The minimum atomic E-state index is -0.280. The number of benzene rings is 1. The van der Waals surface area contributed by atoms with Crippen molar-refractivity contribution >= 4 is 17.4 Å². The van der Waals surface area contributed by atoms with Gasteiger partial charge in [-0.1, -0.05) is 18.2 Å². The standard InChI is InChI=1S/C24H31N5O2/c1-27-11-9-20(10-12-27)28-14-17-13-18(16-28)23-21(7-8-22(30)29(23)15-17)26-24(31)25-19-5-3-2-4-6-19/h2-8,17-18,20H,9-16H2,1H3,(H2,25,26,31)/t17-,18+/m0/s1. The maximum absolute atomic E-state index is 12.7. The number of aromatic nitrogens is 1. The Kier molecular flexibility index (Phi) is 5.54. The quantitative estimate of drug-likeness (QED) is 0.799. The number of anilines is 2. The van der Waals surface area contributed by atoms with Crippen molar-refractivity contribution in [3.05, 3.63) is 58.5 Å². The molecule has 2 aromatic rings. The van der Waals surface area contributed by atoms with Gasteiger partial charge in [0.1, 0.15) is 0 Å². The average Bonchev–Trinajstić information content (AvgIpc) is 2.77. The van der Waals surface area contributed by atoms with Crippen LogP contribution in [-0.4, -0.2) is 59.7 Å². The number of urea groups is 1. The minimum absolute atomic E-state index is 0.0338. The first-order chi connectivity index (χ1) is 15.1. The van der Waals surface area contributed by atoms with Crippen molar-refractivity contribution in [3.63, 3.8) is 0 Å². The second-order valence-corrected chi connectivity index (χ2v) is 9.31. The molecule has 3 aliphatic heterocycles. The third-order valence-electron chi connectivity index (χ3n) is 7.10. The maximum atomic E-state index is 12.7. The molecule has 2 amide bonds. The zero-order chi connectivity index (χ0) is 21.4. The molecular weight excluding hydrogens is 390 g/mol. The number of para-hydroxylation sites is 1. The summed E-state index contributed by atoms with van der Waals surface area (Å²) in [6, 6.07) is 13.1. The number of nitrogens with one attached hydrogen (secondary N) is 2. The van der Waals surface area contributed by atoms with E-state index < -0.39 is 0 Å². The average molecular weight is 422 g/mol. The first-order valence-electron chi connectivity index (χ1n) is 11.4. The van der Waals surface area contributed by atoms with Gasteiger partial charge in [0.2, 0.25) is 0 Å². The molecule has 1 aromatic carbocycles. The van der Waals surface area contributed by atoms with E-state index in [9.17, 15) is 9.59 Å². The number of hydrogen-bond acceptors (Lipinski definition) is 4. The summed E-state index contributed by atoms with van der Waals surface area (Å²) >= 11 is 0. The Morgan fingerprint density at radius 3 is 2.52 bits per heavy atom. The van der Waals surface area contributed by atoms with Gasteiger partial charge in [-0.3, -0.25) is 9.69 Å². The molecule has 4 heterocycles. The zero-order valence-electron chi connectivity index (χ0n) is 18.1. The molecule has 2 bridgehead atoms. The second kappa shape index (κ2) is 8.48. The van der Waals surface area contributed by atoms with Crippen LogP contribution < -0.4 is 16.2 Å². The van der Waals surface area contributed by atoms with Crippen LogP contribution in [0.25, 0.3) is 0 Å². The van der Waals surface area contributed by atoms with Gasteiger partial charge in [0, 0.05) is 49.0 Å². The van der Waals surface area contributed by atoms with Crippen molar-refractivity contribution < 1.29 is 4.79 Å². The molecule has 7 nitrogen and oxygen atoms in total. The Morgan fingerprint density at radius 2 is 1.74 bits per heavy atom. The number of carbonyl (C=O) groups is 1. The summed E-state index contributed by atoms with van der Waals surface area (Å²) in [6.07, 6.45) is 3.51. The number of hydrogen-bond donors (Lipinski definition) is 2. The molecule has 1 aromatic heterocycles. The van der Waals surface area contributed by atoms with Crippen LogP contribution in [0, 0.1) is 5.92 Å². The number of fused-ring (bicyclic) bond motifs is 4. The van der Waals surface area contributed by atoms with E-state index in [1.165, 1.54) is 12.8 Å². The van der Waals surface area contributed by atoms with Crippen LogP contribution in [0.15, 0.2) is 47.3 Å². The van der Waals surface area contributed by atoms with Crippen molar-refractivity contribution in [2.75, 3.05) is 43.9 Å². The molecular formula is C24H31N5O2. The van der Waals surface area contributed by atoms with Crippen molar-refractivity contribution in [1.29, 1.82) is 0 Å². The Morgan fingerprint density at radius 1 is 0.968 bits per heavy atom. The summed E-state index contributed by atoms with van der Waals surface area (Å²) in [5.41, 5.74) is 2.52. The summed E-state index contributed by atoms with van der Waals surface area (Å²) in [5, 5.41) is 5.89. The highest BCUT2D eigenvalue weighted by atomic mass is 16.2. The van der Waals surface area contributed by atoms with Crippen LogP contribution >= 0.6 is 0 Å². The maximum Gasteiger partial charge on any atom is 0.323 e. The monoisotopic (exact) mass is 421 g/mol. The molecule has 0 spiro atoms. The predicted molar refractivity (Wildman–Crippen MR) is 123 cm³/mol. The Hall–Kier alpha value is -2.64. The normalized spacial score (nSPS) is 24.4. The van der Waals surface area contributed by atoms with Gasteiger partial charge in [-0.15, -0.1) is 0 Å². The van der Waals surface area contributed by atoms with E-state index in [-0.39, 0.29) is 17.5 Å². The molecule has 2 fully saturated rings. The van der Waals surface area contributed by atoms with E-state index in [0.29, 0.717) is 12.0 Å². The third-order valence-corrected chi connectivity index (χ3v) is 7.10. The summed E-state index contributed by atoms with van der Waals surface area (Å²) in [6.45, 7) is 5.08. The van der Waals surface area contributed by atoms with Gasteiger partial charge in [-0.05, 0) is 63.5 Å². The summed E-state index contributed by atoms with van der Waals surface area (Å²) in [7, 11) is 2.20. The number of piperidine rings is 2. The molecule has 2 saturated heterocycles. The highest BCUT2D eigenvalue weighted by Crippen LogP contribution is 2.40. The lowest BCUT2D eigenvalue weighted by atomic mass is 9.81. The first kappa shape index (κ1) is 20.3. The van der Waals surface area contributed by atoms with Crippen molar-refractivity contribution in [2.24, 2.45) is 5.92 Å². The largest absolute Gasteiger partial charge is 0.323 e. The highest BCUT2D eigenvalue weighted by Gasteiger charge is 2.38. The molecule has 164 valence electrons. The number of likely N-dealkylation sites (tertiary alicyclic amines) is 2. The Balaban J connectivity index is 1.37. The topological polar surface area (TPSA) is 69.6 Å². The molecule has 0 saturated carbocycles. The molecule has 0 aliphatic carbocycles. The molecule has 7 heteroatoms. The molecule has 0 radical (unpaired) electrons. The lowest BCUT2D eigenvalue weighted by Crippen LogP contribution is -2.53. The minimum Gasteiger partial charge on any atom is -0.310 e. The van der Waals surface area contributed by atoms with E-state index >= 15 is 0 Å². The smallest absolute Gasteiger partial charge is 0.310 e. The van der Waals surface area contributed by atoms with Crippen LogP contribution in [0.4, 0.5) is 16.2 Å². The van der Waals surface area contributed by atoms with E-state index in [1.807, 2.05) is 34.9 Å². The van der Waals surface area contributed by atoms with Gasteiger partial charge in [0.05, 0.1) is 5.69 Å². The van der Waals surface area contributed by atoms with Gasteiger partial charge >= 0.3 is 6.03 Å². The van der Waals surface area contributed by atoms with Crippen molar-refractivity contribution in [2.45, 2.75) is 37.8 Å². The van der Waals surface area contributed by atoms with E-state index in [1.54, 1.807) is 12.1 Å². The van der Waals surface area contributed by atoms with Crippen molar-refractivity contribution in [3.8, 4) is 0 Å². The van der Waals surface area contributed by atoms with Crippen LogP contribution in [0.2, 0.25) is 0 Å². The van der Waals surface area contributed by atoms with Gasteiger partial charge < -0.3 is 20.1 Å². The predicted octanol–water partition coefficient (Wildman–Crippen LogP) is 3.01. The Labute approximate surface area is 183 Å². The molecule has 5 rings (SSSR count). The molecule has 0 unspecified atom stereocenters. The van der Waals surface area contributed by atoms with Crippen LogP contribution in [0.1, 0.15) is 30.9 Å².